The fourth-order valence-electron chi connectivity index (χ4n) is 2.68. The van der Waals surface area contributed by atoms with Crippen molar-refractivity contribution in [2.45, 2.75) is 25.2 Å². The van der Waals surface area contributed by atoms with Gasteiger partial charge in [0.15, 0.2) is 5.76 Å². The Labute approximate surface area is 137 Å². The molecule has 1 amide bonds. The second-order valence-electron chi connectivity index (χ2n) is 6.05. The van der Waals surface area contributed by atoms with Crippen molar-refractivity contribution in [1.29, 1.82) is 0 Å². The highest BCUT2D eigenvalue weighted by molar-refractivity contribution is 6.01. The van der Waals surface area contributed by atoms with Crippen LogP contribution in [0.3, 0.4) is 0 Å². The van der Waals surface area contributed by atoms with Crippen molar-refractivity contribution in [3.05, 3.63) is 59.7 Å². The van der Waals surface area contributed by atoms with Gasteiger partial charge in [-0.05, 0) is 49.6 Å². The van der Waals surface area contributed by atoms with Crippen LogP contribution in [0.25, 0.3) is 11.5 Å². The maximum atomic E-state index is 13.6. The molecule has 6 heteroatoms. The Bertz CT molecular complexity index is 895. The summed E-state index contributed by atoms with van der Waals surface area (Å²) in [6, 6.07) is 9.88. The van der Waals surface area contributed by atoms with E-state index in [1.165, 1.54) is 6.07 Å². The van der Waals surface area contributed by atoms with E-state index in [2.05, 4.69) is 10.5 Å². The van der Waals surface area contributed by atoms with Crippen molar-refractivity contribution in [3.8, 4) is 11.5 Å². The summed E-state index contributed by atoms with van der Waals surface area (Å²) in [5, 5.41) is 6.80. The predicted octanol–water partition coefficient (Wildman–Crippen LogP) is 4.05. The largest absolute Gasteiger partial charge is 0.461 e. The highest BCUT2D eigenvalue weighted by Gasteiger charge is 2.54. The number of halogens is 1. The Kier molecular flexibility index (Phi) is 3.26. The molecule has 2 heterocycles. The monoisotopic (exact) mass is 326 g/mol. The molecule has 1 aromatic carbocycles. The molecule has 1 aliphatic rings. The maximum absolute atomic E-state index is 13.6. The maximum Gasteiger partial charge on any atom is 0.236 e. The molecule has 1 N–H and O–H groups in total. The molecule has 4 rings (SSSR count). The summed E-state index contributed by atoms with van der Waals surface area (Å²) in [4.78, 5) is 12.7. The van der Waals surface area contributed by atoms with Gasteiger partial charge in [0.25, 0.3) is 0 Å². The summed E-state index contributed by atoms with van der Waals surface area (Å²) < 4.78 is 24.2. The number of hydrogen-bond acceptors (Lipinski definition) is 4. The van der Waals surface area contributed by atoms with E-state index in [-0.39, 0.29) is 11.7 Å². The molecule has 2 aromatic heterocycles. The van der Waals surface area contributed by atoms with Gasteiger partial charge < -0.3 is 14.3 Å². The minimum atomic E-state index is -0.713. The molecule has 0 bridgehead atoms. The summed E-state index contributed by atoms with van der Waals surface area (Å²) in [5.74, 6) is 0.491. The van der Waals surface area contributed by atoms with Crippen LogP contribution in [0.1, 0.15) is 24.1 Å². The minimum Gasteiger partial charge on any atom is -0.461 e. The number of nitrogens with one attached hydrogen (secondary N) is 1. The number of hydrogen-bond donors (Lipinski definition) is 1. The van der Waals surface area contributed by atoms with Crippen molar-refractivity contribution in [2.24, 2.45) is 0 Å². The number of benzene rings is 1. The normalized spacial score (nSPS) is 15.2. The van der Waals surface area contributed by atoms with Crippen molar-refractivity contribution in [2.75, 3.05) is 5.32 Å². The lowest BCUT2D eigenvalue weighted by molar-refractivity contribution is -0.118. The lowest BCUT2D eigenvalue weighted by Crippen LogP contribution is -2.28. The van der Waals surface area contributed by atoms with Gasteiger partial charge in [0.2, 0.25) is 11.7 Å². The molecule has 0 spiro atoms. The molecule has 0 saturated heterocycles. The summed E-state index contributed by atoms with van der Waals surface area (Å²) in [7, 11) is 0. The first kappa shape index (κ1) is 14.7. The summed E-state index contributed by atoms with van der Waals surface area (Å²) in [6.45, 7) is 1.68. The van der Waals surface area contributed by atoms with Gasteiger partial charge in [0.1, 0.15) is 5.82 Å². The first-order valence-corrected chi connectivity index (χ1v) is 7.67. The zero-order valence-electron chi connectivity index (χ0n) is 13.0. The molecule has 122 valence electrons. The summed E-state index contributed by atoms with van der Waals surface area (Å²) >= 11 is 0. The van der Waals surface area contributed by atoms with Crippen LogP contribution in [0.5, 0.6) is 0 Å². The lowest BCUT2D eigenvalue weighted by atomic mass is 10.0. The molecule has 1 aliphatic carbocycles. The molecule has 3 aromatic rings. The fraction of sp³-hybridized carbons (Fsp3) is 0.222. The molecule has 0 unspecified atom stereocenters. The number of nitrogens with zero attached hydrogens (tertiary/aromatic N) is 1. The van der Waals surface area contributed by atoms with Crippen molar-refractivity contribution >= 4 is 11.6 Å². The van der Waals surface area contributed by atoms with Gasteiger partial charge in [-0.15, -0.1) is 0 Å². The van der Waals surface area contributed by atoms with Crippen LogP contribution in [-0.2, 0) is 10.2 Å². The van der Waals surface area contributed by atoms with Crippen LogP contribution in [0, 0.1) is 12.7 Å². The minimum absolute atomic E-state index is 0.204. The Morgan fingerprint density at radius 1 is 1.25 bits per heavy atom. The zero-order valence-corrected chi connectivity index (χ0v) is 13.0. The van der Waals surface area contributed by atoms with E-state index in [9.17, 15) is 9.18 Å². The molecule has 0 aliphatic heterocycles. The van der Waals surface area contributed by atoms with Crippen LogP contribution in [0.2, 0.25) is 0 Å². The van der Waals surface area contributed by atoms with Gasteiger partial charge in [0.05, 0.1) is 17.4 Å². The van der Waals surface area contributed by atoms with Crippen molar-refractivity contribution in [1.82, 2.24) is 5.16 Å². The third-order valence-electron chi connectivity index (χ3n) is 4.38. The quantitative estimate of drug-likeness (QED) is 0.785. The Morgan fingerprint density at radius 2 is 2.08 bits per heavy atom. The van der Waals surface area contributed by atoms with Gasteiger partial charge in [-0.2, -0.15) is 0 Å². The number of carbonyl (C=O) groups is 1. The predicted molar refractivity (Wildman–Crippen MR) is 84.9 cm³/mol. The molecule has 1 saturated carbocycles. The highest BCUT2D eigenvalue weighted by Crippen LogP contribution is 2.49. The summed E-state index contributed by atoms with van der Waals surface area (Å²) in [6.07, 6.45) is 2.90. The number of anilines is 1. The number of amides is 1. The highest BCUT2D eigenvalue weighted by atomic mass is 19.1. The van der Waals surface area contributed by atoms with E-state index >= 15 is 0 Å². The number of furan rings is 1. The third-order valence-corrected chi connectivity index (χ3v) is 4.38. The van der Waals surface area contributed by atoms with Gasteiger partial charge in [-0.25, -0.2) is 4.39 Å². The SMILES string of the molecule is Cc1ccc(NC(=O)C2(c3cc(-c4ccco4)on3)CC2)cc1F. The van der Waals surface area contributed by atoms with Gasteiger partial charge >= 0.3 is 0 Å². The van der Waals surface area contributed by atoms with E-state index in [1.807, 2.05) is 0 Å². The number of aryl methyl sites for hydroxylation is 1. The first-order valence-electron chi connectivity index (χ1n) is 7.67. The lowest BCUT2D eigenvalue weighted by Gasteiger charge is -2.12. The van der Waals surface area contributed by atoms with Crippen molar-refractivity contribution in [3.63, 3.8) is 0 Å². The number of rotatable bonds is 4. The van der Waals surface area contributed by atoms with Crippen molar-refractivity contribution < 1.29 is 18.1 Å². The van der Waals surface area contributed by atoms with Gasteiger partial charge in [0, 0.05) is 11.8 Å². The smallest absolute Gasteiger partial charge is 0.236 e. The first-order chi connectivity index (χ1) is 11.6. The van der Waals surface area contributed by atoms with E-state index < -0.39 is 5.41 Å². The van der Waals surface area contributed by atoms with Crippen LogP contribution in [0.4, 0.5) is 10.1 Å². The van der Waals surface area contributed by atoms with Crippen LogP contribution >= 0.6 is 0 Å². The zero-order chi connectivity index (χ0) is 16.7. The molecule has 24 heavy (non-hydrogen) atoms. The van der Waals surface area contributed by atoms with Crippen LogP contribution in [0.15, 0.2) is 51.6 Å². The summed E-state index contributed by atoms with van der Waals surface area (Å²) in [5.41, 5.74) is 0.826. The third kappa shape index (κ3) is 2.40. The van der Waals surface area contributed by atoms with E-state index in [0.717, 1.165) is 0 Å². The van der Waals surface area contributed by atoms with Gasteiger partial charge in [-0.3, -0.25) is 4.79 Å². The second-order valence-corrected chi connectivity index (χ2v) is 6.05. The van der Waals surface area contributed by atoms with E-state index in [0.29, 0.717) is 41.3 Å². The standard InChI is InChI=1S/C18H15FN2O3/c1-11-4-5-12(9-13(11)19)20-17(22)18(6-7-18)16-10-15(24-21-16)14-3-2-8-23-14/h2-5,8-10H,6-7H2,1H3,(H,20,22). The second kappa shape index (κ2) is 5.33. The Balaban J connectivity index is 1.56. The molecule has 1 fully saturated rings. The molecule has 5 nitrogen and oxygen atoms in total. The Hall–Kier alpha value is -2.89. The van der Waals surface area contributed by atoms with Crippen LogP contribution in [-0.4, -0.2) is 11.1 Å². The molecular formula is C18H15FN2O3. The van der Waals surface area contributed by atoms with E-state index in [4.69, 9.17) is 8.94 Å². The fourth-order valence-corrected chi connectivity index (χ4v) is 2.68. The van der Waals surface area contributed by atoms with Crippen LogP contribution < -0.4 is 5.32 Å². The topological polar surface area (TPSA) is 68.3 Å². The molecular weight excluding hydrogens is 311 g/mol. The average Bonchev–Trinajstić information content (AvgIpc) is 3.00. The number of carbonyl (C=O) groups excluding carboxylic acids is 1. The molecule has 0 atom stereocenters. The average molecular weight is 326 g/mol. The Morgan fingerprint density at radius 3 is 2.75 bits per heavy atom. The van der Waals surface area contributed by atoms with E-state index in [1.54, 1.807) is 43.5 Å². The number of aromatic nitrogens is 1. The van der Waals surface area contributed by atoms with Gasteiger partial charge in [-0.1, -0.05) is 11.2 Å². The molecule has 0 radical (unpaired) electrons.